The van der Waals surface area contributed by atoms with E-state index >= 15 is 0 Å². The maximum atomic E-state index is 12.8. The number of hydrogen-bond acceptors (Lipinski definition) is 4. The Balaban J connectivity index is 1.75. The summed E-state index contributed by atoms with van der Waals surface area (Å²) in [5.41, 5.74) is 0.353. The number of ether oxygens (including phenoxy) is 1. The summed E-state index contributed by atoms with van der Waals surface area (Å²) in [4.78, 5) is 14.2. The van der Waals surface area contributed by atoms with Gasteiger partial charge < -0.3 is 10.1 Å². The van der Waals surface area contributed by atoms with Gasteiger partial charge in [-0.3, -0.25) is 14.8 Å². The highest BCUT2D eigenvalue weighted by atomic mass is 19.4. The molecule has 1 aromatic heterocycles. The molecule has 2 N–H and O–H groups in total. The molecule has 3 rings (SSSR count). The van der Waals surface area contributed by atoms with E-state index in [9.17, 15) is 18.0 Å². The monoisotopic (exact) mass is 368 g/mol. The fraction of sp³-hybridized carbons (Fsp3) is 0.412. The Hall–Kier alpha value is -2.39. The van der Waals surface area contributed by atoms with Crippen LogP contribution in [0, 0.1) is 0 Å². The van der Waals surface area contributed by atoms with Crippen LogP contribution in [-0.2, 0) is 10.9 Å². The van der Waals surface area contributed by atoms with E-state index in [4.69, 9.17) is 4.74 Å². The summed E-state index contributed by atoms with van der Waals surface area (Å²) in [6.07, 6.45) is -2.90. The molecule has 2 heterocycles. The Morgan fingerprint density at radius 1 is 1.23 bits per heavy atom. The lowest BCUT2D eigenvalue weighted by Gasteiger charge is -2.35. The number of hydrogen-bond donors (Lipinski definition) is 2. The van der Waals surface area contributed by atoms with Gasteiger partial charge in [-0.2, -0.15) is 18.3 Å². The van der Waals surface area contributed by atoms with Crippen LogP contribution >= 0.6 is 0 Å². The minimum absolute atomic E-state index is 0.243. The van der Waals surface area contributed by atoms with Crippen LogP contribution in [0.15, 0.2) is 36.5 Å². The summed E-state index contributed by atoms with van der Waals surface area (Å²) < 4.78 is 43.7. The van der Waals surface area contributed by atoms with Crippen molar-refractivity contribution in [1.29, 1.82) is 0 Å². The third-order valence-corrected chi connectivity index (χ3v) is 4.31. The second kappa shape index (κ2) is 7.88. The number of aromatic amines is 1. The molecule has 1 aliphatic rings. The normalized spacial score (nSPS) is 17.0. The first kappa shape index (κ1) is 18.4. The zero-order chi connectivity index (χ0) is 18.6. The summed E-state index contributed by atoms with van der Waals surface area (Å²) in [5, 5.41) is 9.13. The fourth-order valence-corrected chi connectivity index (χ4v) is 2.91. The minimum atomic E-state index is -4.37. The van der Waals surface area contributed by atoms with Crippen molar-refractivity contribution in [2.75, 3.05) is 32.8 Å². The fourth-order valence-electron chi connectivity index (χ4n) is 2.91. The molecule has 2 aromatic rings. The number of nitrogens with one attached hydrogen (secondary N) is 2. The molecule has 1 fully saturated rings. The number of benzene rings is 1. The molecule has 9 heteroatoms. The van der Waals surface area contributed by atoms with Gasteiger partial charge in [-0.25, -0.2) is 0 Å². The number of carbonyl (C=O) groups excluding carboxylic acids is 1. The summed E-state index contributed by atoms with van der Waals surface area (Å²) >= 11 is 0. The van der Waals surface area contributed by atoms with E-state index in [1.165, 1.54) is 18.3 Å². The van der Waals surface area contributed by atoms with E-state index in [1.54, 1.807) is 6.07 Å². The van der Waals surface area contributed by atoms with E-state index in [0.29, 0.717) is 37.6 Å². The molecule has 1 aliphatic heterocycles. The largest absolute Gasteiger partial charge is 0.416 e. The maximum Gasteiger partial charge on any atom is 0.416 e. The van der Waals surface area contributed by atoms with Gasteiger partial charge in [0.05, 0.1) is 24.8 Å². The lowest BCUT2D eigenvalue weighted by Crippen LogP contribution is -2.43. The molecule has 0 radical (unpaired) electrons. The average molecular weight is 368 g/mol. The first-order valence-electron chi connectivity index (χ1n) is 8.21. The van der Waals surface area contributed by atoms with Crippen LogP contribution in [0.2, 0.25) is 0 Å². The number of rotatable bonds is 5. The van der Waals surface area contributed by atoms with Gasteiger partial charge in [0.25, 0.3) is 5.91 Å². The van der Waals surface area contributed by atoms with Crippen LogP contribution in [0.25, 0.3) is 0 Å². The van der Waals surface area contributed by atoms with Gasteiger partial charge in [-0.15, -0.1) is 0 Å². The highest BCUT2D eigenvalue weighted by Gasteiger charge is 2.31. The molecule has 1 atom stereocenters. The zero-order valence-corrected chi connectivity index (χ0v) is 13.9. The zero-order valence-electron chi connectivity index (χ0n) is 13.9. The summed E-state index contributed by atoms with van der Waals surface area (Å²) in [7, 11) is 0. The van der Waals surface area contributed by atoms with Gasteiger partial charge >= 0.3 is 6.18 Å². The molecule has 0 saturated carbocycles. The predicted molar refractivity (Wildman–Crippen MR) is 87.5 cm³/mol. The SMILES string of the molecule is O=C(NC[C@H](c1ccc(C(F)(F)F)cc1)N1CCOCC1)c1ccn[nH]1. The van der Waals surface area contributed by atoms with Crippen molar-refractivity contribution in [2.45, 2.75) is 12.2 Å². The first-order valence-corrected chi connectivity index (χ1v) is 8.21. The molecule has 1 saturated heterocycles. The highest BCUT2D eigenvalue weighted by Crippen LogP contribution is 2.31. The molecule has 140 valence electrons. The van der Waals surface area contributed by atoms with E-state index in [-0.39, 0.29) is 18.5 Å². The van der Waals surface area contributed by atoms with Gasteiger partial charge in [0.1, 0.15) is 5.69 Å². The Morgan fingerprint density at radius 2 is 1.92 bits per heavy atom. The molecule has 0 spiro atoms. The van der Waals surface area contributed by atoms with Crippen LogP contribution < -0.4 is 5.32 Å². The Kier molecular flexibility index (Phi) is 5.58. The summed E-state index contributed by atoms with van der Waals surface area (Å²) in [6.45, 7) is 2.65. The van der Waals surface area contributed by atoms with Gasteiger partial charge in [0.2, 0.25) is 0 Å². The highest BCUT2D eigenvalue weighted by molar-refractivity contribution is 5.92. The Bertz CT molecular complexity index is 711. The number of amides is 1. The van der Waals surface area contributed by atoms with Crippen LogP contribution in [0.3, 0.4) is 0 Å². The van der Waals surface area contributed by atoms with Crippen molar-refractivity contribution in [3.05, 3.63) is 53.3 Å². The van der Waals surface area contributed by atoms with Crippen LogP contribution in [0.5, 0.6) is 0 Å². The van der Waals surface area contributed by atoms with Gasteiger partial charge in [0, 0.05) is 25.8 Å². The molecular weight excluding hydrogens is 349 g/mol. The molecule has 1 aromatic carbocycles. The van der Waals surface area contributed by atoms with Crippen LogP contribution in [0.4, 0.5) is 13.2 Å². The lowest BCUT2D eigenvalue weighted by atomic mass is 10.0. The number of aromatic nitrogens is 2. The standard InChI is InChI=1S/C17H19F3N4O2/c18-17(19,20)13-3-1-12(2-4-13)15(24-7-9-26-10-8-24)11-21-16(25)14-5-6-22-23-14/h1-6,15H,7-11H2,(H,21,25)(H,22,23)/t15-/m1/s1. The number of H-pyrrole nitrogens is 1. The quantitative estimate of drug-likeness (QED) is 0.849. The number of alkyl halides is 3. The molecule has 26 heavy (non-hydrogen) atoms. The lowest BCUT2D eigenvalue weighted by molar-refractivity contribution is -0.137. The smallest absolute Gasteiger partial charge is 0.379 e. The molecule has 0 aliphatic carbocycles. The van der Waals surface area contributed by atoms with Crippen molar-refractivity contribution in [3.8, 4) is 0 Å². The van der Waals surface area contributed by atoms with E-state index < -0.39 is 11.7 Å². The number of morpholine rings is 1. The molecule has 0 bridgehead atoms. The van der Waals surface area contributed by atoms with Crippen molar-refractivity contribution in [3.63, 3.8) is 0 Å². The topological polar surface area (TPSA) is 70.2 Å². The second-order valence-corrected chi connectivity index (χ2v) is 5.96. The van der Waals surface area contributed by atoms with E-state index in [2.05, 4.69) is 20.4 Å². The first-order chi connectivity index (χ1) is 12.4. The van der Waals surface area contributed by atoms with E-state index in [1.807, 2.05) is 0 Å². The average Bonchev–Trinajstić information content (AvgIpc) is 3.17. The maximum absolute atomic E-state index is 12.8. The second-order valence-electron chi connectivity index (χ2n) is 5.96. The van der Waals surface area contributed by atoms with Gasteiger partial charge in [-0.05, 0) is 23.8 Å². The van der Waals surface area contributed by atoms with Crippen molar-refractivity contribution < 1.29 is 22.7 Å². The van der Waals surface area contributed by atoms with Gasteiger partial charge in [-0.1, -0.05) is 12.1 Å². The third kappa shape index (κ3) is 4.41. The molecule has 0 unspecified atom stereocenters. The minimum Gasteiger partial charge on any atom is -0.379 e. The molecular formula is C17H19F3N4O2. The van der Waals surface area contributed by atoms with Crippen LogP contribution in [0.1, 0.15) is 27.7 Å². The predicted octanol–water partition coefficient (Wildman–Crippen LogP) is 2.23. The van der Waals surface area contributed by atoms with Crippen molar-refractivity contribution >= 4 is 5.91 Å². The Morgan fingerprint density at radius 3 is 2.50 bits per heavy atom. The summed E-state index contributed by atoms with van der Waals surface area (Å²) in [6, 6.07) is 6.38. The number of nitrogens with zero attached hydrogens (tertiary/aromatic N) is 2. The van der Waals surface area contributed by atoms with Crippen molar-refractivity contribution in [2.24, 2.45) is 0 Å². The van der Waals surface area contributed by atoms with Gasteiger partial charge in [0.15, 0.2) is 0 Å². The number of halogens is 3. The van der Waals surface area contributed by atoms with Crippen molar-refractivity contribution in [1.82, 2.24) is 20.4 Å². The Labute approximate surface area is 148 Å². The summed E-state index contributed by atoms with van der Waals surface area (Å²) in [5.74, 6) is -0.312. The van der Waals surface area contributed by atoms with Crippen LogP contribution in [-0.4, -0.2) is 53.9 Å². The van der Waals surface area contributed by atoms with E-state index in [0.717, 1.165) is 12.1 Å². The molecule has 6 nitrogen and oxygen atoms in total. The third-order valence-electron chi connectivity index (χ3n) is 4.31. The molecule has 1 amide bonds. The number of carbonyl (C=O) groups is 1.